The summed E-state index contributed by atoms with van der Waals surface area (Å²) in [4.78, 5) is 18.0. The summed E-state index contributed by atoms with van der Waals surface area (Å²) in [5, 5.41) is 2.91. The van der Waals surface area contributed by atoms with Gasteiger partial charge >= 0.3 is 0 Å². The van der Waals surface area contributed by atoms with Crippen molar-refractivity contribution in [1.82, 2.24) is 14.1 Å². The molecule has 0 radical (unpaired) electrons. The summed E-state index contributed by atoms with van der Waals surface area (Å²) in [5.41, 5.74) is 2.92. The van der Waals surface area contributed by atoms with Crippen molar-refractivity contribution in [2.24, 2.45) is 0 Å². The number of hydrogen-bond acceptors (Lipinski definition) is 5. The Morgan fingerprint density at radius 1 is 0.882 bits per heavy atom. The number of hydrogen-bond donors (Lipinski definition) is 1. The first-order chi connectivity index (χ1) is 16.4. The average molecular weight is 485 g/mol. The molecule has 1 amide bonds. The van der Waals surface area contributed by atoms with Crippen molar-refractivity contribution in [2.45, 2.75) is 44.6 Å². The molecule has 2 aromatic carbocycles. The Bertz CT molecular complexity index is 1090. The molecule has 2 aliphatic heterocycles. The standard InChI is InChI=1S/C26H36N4O3S/c1-3-28-15-17-29(18-16-28)20-22-8-11-24(12-9-22)27-26(31)23-10-7-21(2)25(19-23)34(32,33)30-13-5-4-6-14-30/h7-12,19H,3-6,13-18,20H2,1-2H3,(H,27,31). The number of aryl methyl sites for hydroxylation is 1. The number of carbonyl (C=O) groups excluding carboxylic acids is 1. The summed E-state index contributed by atoms with van der Waals surface area (Å²) in [5.74, 6) is -0.307. The van der Waals surface area contributed by atoms with E-state index in [9.17, 15) is 13.2 Å². The molecular formula is C26H36N4O3S. The quantitative estimate of drug-likeness (QED) is 0.651. The number of amides is 1. The number of benzene rings is 2. The van der Waals surface area contributed by atoms with Gasteiger partial charge in [-0.1, -0.05) is 31.5 Å². The molecule has 0 saturated carbocycles. The van der Waals surface area contributed by atoms with E-state index >= 15 is 0 Å². The van der Waals surface area contributed by atoms with Crippen molar-refractivity contribution in [3.63, 3.8) is 0 Å². The minimum Gasteiger partial charge on any atom is -0.322 e. The monoisotopic (exact) mass is 484 g/mol. The van der Waals surface area contributed by atoms with Gasteiger partial charge in [0.1, 0.15) is 0 Å². The second kappa shape index (κ2) is 11.0. The van der Waals surface area contributed by atoms with Crippen LogP contribution in [-0.2, 0) is 16.6 Å². The second-order valence-electron chi connectivity index (χ2n) is 9.31. The van der Waals surface area contributed by atoms with Crippen LogP contribution in [0, 0.1) is 6.92 Å². The van der Waals surface area contributed by atoms with E-state index in [2.05, 4.69) is 22.0 Å². The van der Waals surface area contributed by atoms with E-state index in [1.165, 1.54) is 11.6 Å². The predicted octanol–water partition coefficient (Wildman–Crippen LogP) is 3.56. The molecule has 2 saturated heterocycles. The molecule has 0 bridgehead atoms. The number of piperidine rings is 1. The van der Waals surface area contributed by atoms with Gasteiger partial charge in [0.05, 0.1) is 4.90 Å². The molecule has 2 heterocycles. The zero-order valence-corrected chi connectivity index (χ0v) is 21.1. The fourth-order valence-corrected chi connectivity index (χ4v) is 6.45. The Morgan fingerprint density at radius 3 is 2.18 bits per heavy atom. The third-order valence-electron chi connectivity index (χ3n) is 6.91. The Labute approximate surface area is 203 Å². The van der Waals surface area contributed by atoms with Crippen molar-refractivity contribution in [3.8, 4) is 0 Å². The fraction of sp³-hybridized carbons (Fsp3) is 0.500. The van der Waals surface area contributed by atoms with E-state index in [1.807, 2.05) is 24.3 Å². The van der Waals surface area contributed by atoms with Crippen LogP contribution in [0.2, 0.25) is 0 Å². The number of carbonyl (C=O) groups is 1. The van der Waals surface area contributed by atoms with Gasteiger partial charge < -0.3 is 10.2 Å². The normalized spacial score (nSPS) is 18.6. The Hall–Kier alpha value is -2.26. The Kier molecular flexibility index (Phi) is 8.03. The zero-order chi connectivity index (χ0) is 24.1. The van der Waals surface area contributed by atoms with E-state index in [1.54, 1.807) is 23.4 Å². The molecule has 4 rings (SSSR count). The molecule has 34 heavy (non-hydrogen) atoms. The predicted molar refractivity (Wildman–Crippen MR) is 136 cm³/mol. The third-order valence-corrected chi connectivity index (χ3v) is 8.95. The molecule has 184 valence electrons. The SMILES string of the molecule is CCN1CCN(Cc2ccc(NC(=O)c3ccc(C)c(S(=O)(=O)N4CCCCC4)c3)cc2)CC1. The first-order valence-corrected chi connectivity index (χ1v) is 13.8. The van der Waals surface area contributed by atoms with Crippen LogP contribution < -0.4 is 5.32 Å². The minimum atomic E-state index is -3.60. The first-order valence-electron chi connectivity index (χ1n) is 12.3. The number of anilines is 1. The largest absolute Gasteiger partial charge is 0.322 e. The molecule has 7 nitrogen and oxygen atoms in total. The van der Waals surface area contributed by atoms with Gasteiger partial charge in [-0.3, -0.25) is 9.69 Å². The molecule has 0 aromatic heterocycles. The molecule has 0 spiro atoms. The highest BCUT2D eigenvalue weighted by Crippen LogP contribution is 2.25. The van der Waals surface area contributed by atoms with Crippen LogP contribution in [0.25, 0.3) is 0 Å². The molecular weight excluding hydrogens is 448 g/mol. The van der Waals surface area contributed by atoms with E-state index in [4.69, 9.17) is 0 Å². The number of nitrogens with one attached hydrogen (secondary N) is 1. The van der Waals surface area contributed by atoms with E-state index in [-0.39, 0.29) is 10.8 Å². The number of rotatable bonds is 7. The van der Waals surface area contributed by atoms with Gasteiger partial charge in [-0.25, -0.2) is 8.42 Å². The van der Waals surface area contributed by atoms with Crippen LogP contribution in [0.15, 0.2) is 47.4 Å². The van der Waals surface area contributed by atoms with Gasteiger partial charge in [-0.15, -0.1) is 0 Å². The van der Waals surface area contributed by atoms with Gasteiger partial charge in [-0.2, -0.15) is 4.31 Å². The molecule has 0 atom stereocenters. The summed E-state index contributed by atoms with van der Waals surface area (Å²) < 4.78 is 27.9. The maximum atomic E-state index is 13.2. The number of sulfonamides is 1. The molecule has 0 aliphatic carbocycles. The molecule has 8 heteroatoms. The maximum absolute atomic E-state index is 13.2. The molecule has 2 aliphatic rings. The van der Waals surface area contributed by atoms with Gasteiger partial charge in [0.25, 0.3) is 5.91 Å². The van der Waals surface area contributed by atoms with Crippen molar-refractivity contribution < 1.29 is 13.2 Å². The summed E-state index contributed by atoms with van der Waals surface area (Å²) in [7, 11) is -3.60. The lowest BCUT2D eigenvalue weighted by Crippen LogP contribution is -2.45. The van der Waals surface area contributed by atoms with Gasteiger partial charge in [0.2, 0.25) is 10.0 Å². The molecule has 1 N–H and O–H groups in total. The van der Waals surface area contributed by atoms with Crippen molar-refractivity contribution >= 4 is 21.6 Å². The second-order valence-corrected chi connectivity index (χ2v) is 11.2. The molecule has 2 aromatic rings. The lowest BCUT2D eigenvalue weighted by molar-refractivity contribution is 0.102. The lowest BCUT2D eigenvalue weighted by atomic mass is 10.1. The van der Waals surface area contributed by atoms with Gasteiger partial charge in [0.15, 0.2) is 0 Å². The summed E-state index contributed by atoms with van der Waals surface area (Å²) in [6, 6.07) is 12.8. The summed E-state index contributed by atoms with van der Waals surface area (Å²) in [6.45, 7) is 11.4. The topological polar surface area (TPSA) is 73.0 Å². The van der Waals surface area contributed by atoms with Crippen LogP contribution in [0.4, 0.5) is 5.69 Å². The maximum Gasteiger partial charge on any atom is 0.255 e. The van der Waals surface area contributed by atoms with E-state index in [0.29, 0.717) is 29.9 Å². The lowest BCUT2D eigenvalue weighted by Gasteiger charge is -2.34. The molecule has 2 fully saturated rings. The summed E-state index contributed by atoms with van der Waals surface area (Å²) >= 11 is 0. The number of likely N-dealkylation sites (N-methyl/N-ethyl adjacent to an activating group) is 1. The third kappa shape index (κ3) is 5.86. The van der Waals surface area contributed by atoms with Crippen LogP contribution in [0.1, 0.15) is 47.7 Å². The van der Waals surface area contributed by atoms with Crippen LogP contribution in [0.5, 0.6) is 0 Å². The average Bonchev–Trinajstić information content (AvgIpc) is 2.86. The molecule has 0 unspecified atom stereocenters. The van der Waals surface area contributed by atoms with Crippen LogP contribution in [-0.4, -0.2) is 74.2 Å². The zero-order valence-electron chi connectivity index (χ0n) is 20.3. The van der Waals surface area contributed by atoms with Crippen LogP contribution >= 0.6 is 0 Å². The minimum absolute atomic E-state index is 0.223. The van der Waals surface area contributed by atoms with Gasteiger partial charge in [-0.05, 0) is 61.7 Å². The highest BCUT2D eigenvalue weighted by atomic mass is 32.2. The Morgan fingerprint density at radius 2 is 1.53 bits per heavy atom. The van der Waals surface area contributed by atoms with E-state index < -0.39 is 10.0 Å². The smallest absolute Gasteiger partial charge is 0.255 e. The first kappa shape index (κ1) is 24.9. The Balaban J connectivity index is 1.40. The van der Waals surface area contributed by atoms with Crippen molar-refractivity contribution in [2.75, 3.05) is 51.1 Å². The highest BCUT2D eigenvalue weighted by molar-refractivity contribution is 7.89. The van der Waals surface area contributed by atoms with Gasteiger partial charge in [0, 0.05) is 57.1 Å². The van der Waals surface area contributed by atoms with Crippen LogP contribution in [0.3, 0.4) is 0 Å². The number of piperazine rings is 1. The fourth-order valence-electron chi connectivity index (χ4n) is 4.68. The van der Waals surface area contributed by atoms with E-state index in [0.717, 1.165) is 58.5 Å². The highest BCUT2D eigenvalue weighted by Gasteiger charge is 2.28. The van der Waals surface area contributed by atoms with Crippen molar-refractivity contribution in [3.05, 3.63) is 59.2 Å². The summed E-state index contributed by atoms with van der Waals surface area (Å²) in [6.07, 6.45) is 2.81. The van der Waals surface area contributed by atoms with Crippen molar-refractivity contribution in [1.29, 1.82) is 0 Å². The number of nitrogens with zero attached hydrogens (tertiary/aromatic N) is 3.